The van der Waals surface area contributed by atoms with Crippen LogP contribution in [0.2, 0.25) is 0 Å². The molecule has 0 bridgehead atoms. The first kappa shape index (κ1) is 12.9. The average molecular weight is 190 g/mol. The van der Waals surface area contributed by atoms with Crippen molar-refractivity contribution < 1.29 is 14.2 Å². The second-order valence-corrected chi connectivity index (χ2v) is 2.71. The molecule has 80 valence electrons. The Morgan fingerprint density at radius 3 is 1.62 bits per heavy atom. The van der Waals surface area contributed by atoms with Gasteiger partial charge in [0, 0.05) is 26.4 Å². The third-order valence-corrected chi connectivity index (χ3v) is 1.61. The average Bonchev–Trinajstić information content (AvgIpc) is 2.70. The van der Waals surface area contributed by atoms with E-state index in [-0.39, 0.29) is 0 Å². The standard InChI is InChI=1S/C6H14O2.C4H8O/c1-3-7-5-6-8-4-2;1-2-4-5-3-1/h3-6H2,1-2H3;1-4H2. The van der Waals surface area contributed by atoms with Gasteiger partial charge in [-0.1, -0.05) is 0 Å². The van der Waals surface area contributed by atoms with Crippen molar-refractivity contribution in [1.82, 2.24) is 0 Å². The van der Waals surface area contributed by atoms with Gasteiger partial charge in [0.25, 0.3) is 0 Å². The van der Waals surface area contributed by atoms with Crippen molar-refractivity contribution in [1.29, 1.82) is 0 Å². The Morgan fingerprint density at radius 1 is 0.923 bits per heavy atom. The Balaban J connectivity index is 0.000000243. The summed E-state index contributed by atoms with van der Waals surface area (Å²) in [5, 5.41) is 0. The van der Waals surface area contributed by atoms with Crippen LogP contribution in [0.25, 0.3) is 0 Å². The maximum atomic E-state index is 5.01. The molecule has 0 aromatic heterocycles. The van der Waals surface area contributed by atoms with Crippen LogP contribution < -0.4 is 0 Å². The van der Waals surface area contributed by atoms with Crippen molar-refractivity contribution in [2.75, 3.05) is 39.6 Å². The highest BCUT2D eigenvalue weighted by Gasteiger charge is 1.94. The Bertz CT molecular complexity index is 68.6. The molecule has 0 saturated carbocycles. The monoisotopic (exact) mass is 190 g/mol. The third-order valence-electron chi connectivity index (χ3n) is 1.61. The first-order chi connectivity index (χ1) is 6.41. The van der Waals surface area contributed by atoms with Crippen molar-refractivity contribution in [2.24, 2.45) is 0 Å². The lowest BCUT2D eigenvalue weighted by Crippen LogP contribution is -2.02. The summed E-state index contributed by atoms with van der Waals surface area (Å²) in [5.41, 5.74) is 0. The number of hydrogen-bond acceptors (Lipinski definition) is 3. The second kappa shape index (κ2) is 11.9. The van der Waals surface area contributed by atoms with E-state index >= 15 is 0 Å². The molecule has 0 spiro atoms. The van der Waals surface area contributed by atoms with Gasteiger partial charge in [-0.05, 0) is 26.7 Å². The number of ether oxygens (including phenoxy) is 3. The molecule has 0 aromatic carbocycles. The Labute approximate surface area is 81.4 Å². The summed E-state index contributed by atoms with van der Waals surface area (Å²) < 4.78 is 15.0. The molecular weight excluding hydrogens is 168 g/mol. The normalized spacial score (nSPS) is 15.2. The van der Waals surface area contributed by atoms with Gasteiger partial charge in [-0.15, -0.1) is 0 Å². The molecule has 0 aliphatic carbocycles. The zero-order chi connectivity index (χ0) is 9.78. The van der Waals surface area contributed by atoms with Gasteiger partial charge in [-0.2, -0.15) is 0 Å². The SMILES string of the molecule is C1CCOC1.CCOCCOCC. The minimum absolute atomic E-state index is 0.727. The minimum Gasteiger partial charge on any atom is -0.381 e. The molecule has 0 unspecified atom stereocenters. The van der Waals surface area contributed by atoms with Crippen LogP contribution in [-0.4, -0.2) is 39.6 Å². The van der Waals surface area contributed by atoms with Crippen LogP contribution in [0, 0.1) is 0 Å². The lowest BCUT2D eigenvalue weighted by molar-refractivity contribution is 0.0584. The molecule has 1 heterocycles. The Hall–Kier alpha value is -0.120. The molecule has 0 radical (unpaired) electrons. The van der Waals surface area contributed by atoms with Crippen LogP contribution in [0.3, 0.4) is 0 Å². The zero-order valence-corrected chi connectivity index (χ0v) is 8.88. The third kappa shape index (κ3) is 11.9. The van der Waals surface area contributed by atoms with Crippen molar-refractivity contribution in [3.8, 4) is 0 Å². The molecule has 3 heteroatoms. The van der Waals surface area contributed by atoms with Crippen LogP contribution in [-0.2, 0) is 14.2 Å². The van der Waals surface area contributed by atoms with Crippen molar-refractivity contribution in [2.45, 2.75) is 26.7 Å². The summed E-state index contributed by atoms with van der Waals surface area (Å²) in [5.74, 6) is 0. The highest BCUT2D eigenvalue weighted by atomic mass is 16.5. The first-order valence-electron chi connectivity index (χ1n) is 5.15. The summed E-state index contributed by atoms with van der Waals surface area (Å²) in [6, 6.07) is 0. The van der Waals surface area contributed by atoms with Gasteiger partial charge in [0.05, 0.1) is 13.2 Å². The highest BCUT2D eigenvalue weighted by molar-refractivity contribution is 4.43. The number of hydrogen-bond donors (Lipinski definition) is 0. The Kier molecular flexibility index (Phi) is 11.8. The van der Waals surface area contributed by atoms with E-state index in [1.54, 1.807) is 0 Å². The van der Waals surface area contributed by atoms with Crippen LogP contribution in [0.1, 0.15) is 26.7 Å². The molecule has 13 heavy (non-hydrogen) atoms. The highest BCUT2D eigenvalue weighted by Crippen LogP contribution is 1.98. The van der Waals surface area contributed by atoms with Crippen LogP contribution in [0.4, 0.5) is 0 Å². The summed E-state index contributed by atoms with van der Waals surface area (Å²) in [7, 11) is 0. The lowest BCUT2D eigenvalue weighted by atomic mass is 10.4. The van der Waals surface area contributed by atoms with Crippen LogP contribution >= 0.6 is 0 Å². The molecule has 1 rings (SSSR count). The zero-order valence-electron chi connectivity index (χ0n) is 8.88. The van der Waals surface area contributed by atoms with Crippen molar-refractivity contribution in [3.63, 3.8) is 0 Å². The summed E-state index contributed by atoms with van der Waals surface area (Å²) in [4.78, 5) is 0. The topological polar surface area (TPSA) is 27.7 Å². The fraction of sp³-hybridized carbons (Fsp3) is 1.00. The fourth-order valence-electron chi connectivity index (χ4n) is 0.917. The van der Waals surface area contributed by atoms with Crippen LogP contribution in [0.15, 0.2) is 0 Å². The van der Waals surface area contributed by atoms with Gasteiger partial charge in [0.2, 0.25) is 0 Å². The molecule has 1 aliphatic heterocycles. The minimum atomic E-state index is 0.727. The molecule has 0 aromatic rings. The van der Waals surface area contributed by atoms with Crippen molar-refractivity contribution >= 4 is 0 Å². The molecule has 3 nitrogen and oxygen atoms in total. The van der Waals surface area contributed by atoms with Gasteiger partial charge >= 0.3 is 0 Å². The predicted molar refractivity (Wildman–Crippen MR) is 53.0 cm³/mol. The largest absolute Gasteiger partial charge is 0.381 e. The first-order valence-corrected chi connectivity index (χ1v) is 5.15. The van der Waals surface area contributed by atoms with Crippen LogP contribution in [0.5, 0.6) is 0 Å². The van der Waals surface area contributed by atoms with Gasteiger partial charge in [0.15, 0.2) is 0 Å². The van der Waals surface area contributed by atoms with Crippen molar-refractivity contribution in [3.05, 3.63) is 0 Å². The van der Waals surface area contributed by atoms with E-state index in [4.69, 9.17) is 14.2 Å². The van der Waals surface area contributed by atoms with E-state index in [1.165, 1.54) is 12.8 Å². The molecule has 0 atom stereocenters. The van der Waals surface area contributed by atoms with E-state index < -0.39 is 0 Å². The molecule has 0 amide bonds. The maximum Gasteiger partial charge on any atom is 0.0700 e. The smallest absolute Gasteiger partial charge is 0.0700 e. The van der Waals surface area contributed by atoms with E-state index in [2.05, 4.69) is 0 Å². The summed E-state index contributed by atoms with van der Waals surface area (Å²) >= 11 is 0. The van der Waals surface area contributed by atoms with E-state index in [1.807, 2.05) is 13.8 Å². The summed E-state index contributed by atoms with van der Waals surface area (Å²) in [6.07, 6.45) is 2.56. The number of rotatable bonds is 5. The Morgan fingerprint density at radius 2 is 1.38 bits per heavy atom. The molecule has 0 N–H and O–H groups in total. The molecule has 1 saturated heterocycles. The molecule has 1 aliphatic rings. The quantitative estimate of drug-likeness (QED) is 0.619. The van der Waals surface area contributed by atoms with Gasteiger partial charge < -0.3 is 14.2 Å². The molecular formula is C10H22O3. The van der Waals surface area contributed by atoms with E-state index in [9.17, 15) is 0 Å². The van der Waals surface area contributed by atoms with E-state index in [0.717, 1.165) is 39.6 Å². The second-order valence-electron chi connectivity index (χ2n) is 2.71. The summed E-state index contributed by atoms with van der Waals surface area (Å²) in [6.45, 7) is 8.98. The van der Waals surface area contributed by atoms with Gasteiger partial charge in [-0.25, -0.2) is 0 Å². The fourth-order valence-corrected chi connectivity index (χ4v) is 0.917. The van der Waals surface area contributed by atoms with Gasteiger partial charge in [0.1, 0.15) is 0 Å². The van der Waals surface area contributed by atoms with E-state index in [0.29, 0.717) is 0 Å². The molecule has 1 fully saturated rings. The maximum absolute atomic E-state index is 5.01. The lowest BCUT2D eigenvalue weighted by Gasteiger charge is -1.99. The predicted octanol–water partition coefficient (Wildman–Crippen LogP) is 1.86. The van der Waals surface area contributed by atoms with Gasteiger partial charge in [-0.3, -0.25) is 0 Å².